The molecule has 3 N–H and O–H groups in total. The molecule has 0 aromatic heterocycles. The van der Waals surface area contributed by atoms with Gasteiger partial charge in [-0.1, -0.05) is 0 Å². The van der Waals surface area contributed by atoms with E-state index in [9.17, 15) is 0 Å². The van der Waals surface area contributed by atoms with Gasteiger partial charge in [-0.25, -0.2) is 0 Å². The van der Waals surface area contributed by atoms with E-state index in [0.717, 1.165) is 6.54 Å². The van der Waals surface area contributed by atoms with Crippen LogP contribution in [0.2, 0.25) is 0 Å². The van der Waals surface area contributed by atoms with Crippen LogP contribution in [-0.4, -0.2) is 49.0 Å². The smallest absolute Gasteiger partial charge is 0.188 e. The molecule has 0 saturated carbocycles. The number of likely N-dealkylation sites (tertiary alicyclic amines) is 1. The zero-order chi connectivity index (χ0) is 9.14. The molecule has 0 radical (unpaired) electrons. The zero-order valence-corrected chi connectivity index (χ0v) is 7.88. The maximum absolute atomic E-state index is 7.22. The highest BCUT2D eigenvalue weighted by Crippen LogP contribution is 2.14. The Labute approximate surface area is 73.8 Å². The van der Waals surface area contributed by atoms with Gasteiger partial charge < -0.3 is 15.5 Å². The molecule has 1 unspecified atom stereocenters. The summed E-state index contributed by atoms with van der Waals surface area (Å²) in [6.07, 6.45) is 2.50. The topological polar surface area (TPSA) is 56.4 Å². The van der Waals surface area contributed by atoms with Crippen molar-refractivity contribution in [1.29, 1.82) is 5.41 Å². The van der Waals surface area contributed by atoms with Gasteiger partial charge in [0, 0.05) is 19.6 Å². The van der Waals surface area contributed by atoms with Crippen molar-refractivity contribution in [2.45, 2.75) is 18.9 Å². The van der Waals surface area contributed by atoms with E-state index in [2.05, 4.69) is 11.9 Å². The molecular weight excluding hydrogens is 152 g/mol. The van der Waals surface area contributed by atoms with E-state index >= 15 is 0 Å². The lowest BCUT2D eigenvalue weighted by atomic mass is 10.2. The zero-order valence-electron chi connectivity index (χ0n) is 7.88. The van der Waals surface area contributed by atoms with E-state index in [0.29, 0.717) is 6.04 Å². The van der Waals surface area contributed by atoms with Crippen LogP contribution in [0.1, 0.15) is 12.8 Å². The Morgan fingerprint density at radius 2 is 2.42 bits per heavy atom. The minimum Gasteiger partial charge on any atom is -0.370 e. The molecule has 0 amide bonds. The van der Waals surface area contributed by atoms with Crippen molar-refractivity contribution in [1.82, 2.24) is 9.80 Å². The number of nitrogens with one attached hydrogen (secondary N) is 1. The predicted octanol–water partition coefficient (Wildman–Crippen LogP) is -0.0941. The summed E-state index contributed by atoms with van der Waals surface area (Å²) in [6, 6.07) is 0.582. The standard InChI is InChI=1S/C8H18N4/c1-11-5-3-4-7(11)6-12(2)8(9)10/h7H,3-6H2,1-2H3,(H3,9,10). The summed E-state index contributed by atoms with van der Waals surface area (Å²) in [5, 5.41) is 7.22. The SMILES string of the molecule is CN(CC1CCCN1C)C(=N)N. The number of nitrogens with two attached hydrogens (primary N) is 1. The summed E-state index contributed by atoms with van der Waals surface area (Å²) >= 11 is 0. The van der Waals surface area contributed by atoms with Gasteiger partial charge in [0.05, 0.1) is 0 Å². The van der Waals surface area contributed by atoms with Crippen LogP contribution in [-0.2, 0) is 0 Å². The minimum atomic E-state index is 0.162. The van der Waals surface area contributed by atoms with Crippen molar-refractivity contribution >= 4 is 5.96 Å². The van der Waals surface area contributed by atoms with Crippen molar-refractivity contribution in [3.05, 3.63) is 0 Å². The van der Waals surface area contributed by atoms with Crippen LogP contribution in [0.4, 0.5) is 0 Å². The number of nitrogens with zero attached hydrogens (tertiary/aromatic N) is 2. The second-order valence-corrected chi connectivity index (χ2v) is 3.54. The monoisotopic (exact) mass is 170 g/mol. The molecule has 4 heteroatoms. The highest BCUT2D eigenvalue weighted by atomic mass is 15.3. The number of hydrogen-bond donors (Lipinski definition) is 2. The van der Waals surface area contributed by atoms with Gasteiger partial charge in [-0.3, -0.25) is 5.41 Å². The van der Waals surface area contributed by atoms with Gasteiger partial charge in [0.2, 0.25) is 0 Å². The average molecular weight is 170 g/mol. The predicted molar refractivity (Wildman–Crippen MR) is 50.2 cm³/mol. The molecule has 1 atom stereocenters. The van der Waals surface area contributed by atoms with Crippen molar-refractivity contribution in [2.75, 3.05) is 27.2 Å². The molecule has 1 heterocycles. The van der Waals surface area contributed by atoms with Crippen LogP contribution in [0, 0.1) is 5.41 Å². The quantitative estimate of drug-likeness (QED) is 0.449. The molecule has 1 aliphatic heterocycles. The molecule has 1 rings (SSSR count). The van der Waals surface area contributed by atoms with Crippen molar-refractivity contribution in [2.24, 2.45) is 5.73 Å². The highest BCUT2D eigenvalue weighted by molar-refractivity contribution is 5.74. The van der Waals surface area contributed by atoms with E-state index < -0.39 is 0 Å². The third-order valence-corrected chi connectivity index (χ3v) is 2.57. The molecule has 0 spiro atoms. The van der Waals surface area contributed by atoms with Crippen molar-refractivity contribution in [3.8, 4) is 0 Å². The fourth-order valence-corrected chi connectivity index (χ4v) is 1.62. The lowest BCUT2D eigenvalue weighted by molar-refractivity contribution is 0.266. The Hall–Kier alpha value is -0.770. The summed E-state index contributed by atoms with van der Waals surface area (Å²) in [5.41, 5.74) is 5.35. The van der Waals surface area contributed by atoms with E-state index in [1.165, 1.54) is 19.4 Å². The van der Waals surface area contributed by atoms with Gasteiger partial charge in [-0.2, -0.15) is 0 Å². The van der Waals surface area contributed by atoms with Gasteiger partial charge in [-0.05, 0) is 26.4 Å². The van der Waals surface area contributed by atoms with Crippen molar-refractivity contribution < 1.29 is 0 Å². The van der Waals surface area contributed by atoms with Crippen molar-refractivity contribution in [3.63, 3.8) is 0 Å². The van der Waals surface area contributed by atoms with Gasteiger partial charge in [0.25, 0.3) is 0 Å². The van der Waals surface area contributed by atoms with Crippen LogP contribution in [0.25, 0.3) is 0 Å². The second kappa shape index (κ2) is 3.76. The number of rotatable bonds is 2. The number of guanidine groups is 1. The van der Waals surface area contributed by atoms with E-state index in [-0.39, 0.29) is 5.96 Å². The van der Waals surface area contributed by atoms with Gasteiger partial charge >= 0.3 is 0 Å². The van der Waals surface area contributed by atoms with Crippen LogP contribution in [0.3, 0.4) is 0 Å². The number of likely N-dealkylation sites (N-methyl/N-ethyl adjacent to an activating group) is 2. The van der Waals surface area contributed by atoms with E-state index in [1.54, 1.807) is 4.90 Å². The molecule has 1 fully saturated rings. The lowest BCUT2D eigenvalue weighted by Gasteiger charge is -2.25. The molecule has 0 aliphatic carbocycles. The van der Waals surface area contributed by atoms with Gasteiger partial charge in [-0.15, -0.1) is 0 Å². The molecule has 70 valence electrons. The first-order valence-corrected chi connectivity index (χ1v) is 4.36. The summed E-state index contributed by atoms with van der Waals surface area (Å²) in [4.78, 5) is 4.13. The Morgan fingerprint density at radius 1 is 1.75 bits per heavy atom. The Morgan fingerprint density at radius 3 is 2.83 bits per heavy atom. The molecule has 1 saturated heterocycles. The molecule has 4 nitrogen and oxygen atoms in total. The van der Waals surface area contributed by atoms with Crippen LogP contribution in [0.5, 0.6) is 0 Å². The third kappa shape index (κ3) is 2.11. The third-order valence-electron chi connectivity index (χ3n) is 2.57. The summed E-state index contributed by atoms with van der Waals surface area (Å²) in [6.45, 7) is 2.06. The first kappa shape index (κ1) is 9.32. The number of hydrogen-bond acceptors (Lipinski definition) is 2. The normalized spacial score (nSPS) is 24.3. The molecule has 1 aliphatic rings. The molecular formula is C8H18N4. The largest absolute Gasteiger partial charge is 0.370 e. The first-order chi connectivity index (χ1) is 5.61. The Kier molecular flexibility index (Phi) is 2.92. The lowest BCUT2D eigenvalue weighted by Crippen LogP contribution is -2.42. The van der Waals surface area contributed by atoms with E-state index in [4.69, 9.17) is 11.1 Å². The van der Waals surface area contributed by atoms with Crippen LogP contribution < -0.4 is 5.73 Å². The Balaban J connectivity index is 2.35. The average Bonchev–Trinajstić information content (AvgIpc) is 2.36. The maximum Gasteiger partial charge on any atom is 0.188 e. The molecule has 0 bridgehead atoms. The fraction of sp³-hybridized carbons (Fsp3) is 0.875. The molecule has 0 aromatic rings. The molecule has 0 aromatic carbocycles. The minimum absolute atomic E-state index is 0.162. The first-order valence-electron chi connectivity index (χ1n) is 4.36. The Bertz CT molecular complexity index is 168. The summed E-state index contributed by atoms with van der Waals surface area (Å²) in [7, 11) is 4.00. The summed E-state index contributed by atoms with van der Waals surface area (Å²) in [5.74, 6) is 0.162. The van der Waals surface area contributed by atoms with Gasteiger partial charge in [0.1, 0.15) is 0 Å². The fourth-order valence-electron chi connectivity index (χ4n) is 1.62. The maximum atomic E-state index is 7.22. The highest BCUT2D eigenvalue weighted by Gasteiger charge is 2.22. The van der Waals surface area contributed by atoms with Gasteiger partial charge in [0.15, 0.2) is 5.96 Å². The van der Waals surface area contributed by atoms with E-state index in [1.807, 2.05) is 7.05 Å². The van der Waals surface area contributed by atoms with Crippen LogP contribution >= 0.6 is 0 Å². The molecule has 12 heavy (non-hydrogen) atoms. The summed E-state index contributed by atoms with van der Waals surface area (Å²) < 4.78 is 0. The second-order valence-electron chi connectivity index (χ2n) is 3.54. The van der Waals surface area contributed by atoms with Crippen LogP contribution in [0.15, 0.2) is 0 Å².